The predicted octanol–water partition coefficient (Wildman–Crippen LogP) is 2.70. The number of hydrogen-bond acceptors (Lipinski definition) is 4. The van der Waals surface area contributed by atoms with Gasteiger partial charge in [0.2, 0.25) is 0 Å². The van der Waals surface area contributed by atoms with Crippen molar-refractivity contribution in [3.8, 4) is 0 Å². The van der Waals surface area contributed by atoms with E-state index < -0.39 is 0 Å². The molecule has 2 N–H and O–H groups in total. The van der Waals surface area contributed by atoms with Crippen molar-refractivity contribution in [1.82, 2.24) is 0 Å². The lowest BCUT2D eigenvalue weighted by molar-refractivity contribution is -0.138. The van der Waals surface area contributed by atoms with E-state index in [4.69, 9.17) is 10.5 Å². The maximum atomic E-state index is 11.3. The van der Waals surface area contributed by atoms with Crippen molar-refractivity contribution in [3.05, 3.63) is 45.8 Å². The second kappa shape index (κ2) is 8.33. The average molecular weight is 316 g/mol. The number of ether oxygens (including phenoxy) is 1. The van der Waals surface area contributed by atoms with Crippen LogP contribution in [0.2, 0.25) is 0 Å². The van der Waals surface area contributed by atoms with Gasteiger partial charge in [-0.1, -0.05) is 28.1 Å². The van der Waals surface area contributed by atoms with Gasteiger partial charge in [-0.05, 0) is 23.1 Å². The molecule has 0 fully saturated rings. The normalized spacial score (nSPS) is 10.7. The first-order valence-electron chi connectivity index (χ1n) is 5.12. The number of benzene rings is 1. The Hall–Kier alpha value is -0.780. The Kier molecular flexibility index (Phi) is 7.00. The van der Waals surface area contributed by atoms with Gasteiger partial charge in [0.1, 0.15) is 6.61 Å². The SMILES string of the molecule is NCCS/C=C\C(=O)OCc1ccc(Br)cc1. The Balaban J connectivity index is 2.28. The molecule has 0 unspecified atom stereocenters. The molecule has 0 aliphatic carbocycles. The van der Waals surface area contributed by atoms with Gasteiger partial charge in [-0.25, -0.2) is 4.79 Å². The number of halogens is 1. The number of rotatable bonds is 6. The molecule has 0 atom stereocenters. The zero-order valence-corrected chi connectivity index (χ0v) is 11.7. The van der Waals surface area contributed by atoms with Crippen LogP contribution in [0.1, 0.15) is 5.56 Å². The highest BCUT2D eigenvalue weighted by Crippen LogP contribution is 2.11. The van der Waals surface area contributed by atoms with Gasteiger partial charge in [0.15, 0.2) is 0 Å². The second-order valence-electron chi connectivity index (χ2n) is 3.20. The highest BCUT2D eigenvalue weighted by molar-refractivity contribution is 9.10. The molecule has 3 nitrogen and oxygen atoms in total. The molecule has 0 aromatic heterocycles. The van der Waals surface area contributed by atoms with Crippen molar-refractivity contribution < 1.29 is 9.53 Å². The highest BCUT2D eigenvalue weighted by atomic mass is 79.9. The van der Waals surface area contributed by atoms with Crippen LogP contribution in [0, 0.1) is 0 Å². The first-order chi connectivity index (χ1) is 8.22. The van der Waals surface area contributed by atoms with Crippen molar-refractivity contribution in [2.24, 2.45) is 5.73 Å². The molecular weight excluding hydrogens is 302 g/mol. The Morgan fingerprint density at radius 1 is 1.41 bits per heavy atom. The molecule has 1 aromatic carbocycles. The molecule has 0 saturated carbocycles. The fraction of sp³-hybridized carbons (Fsp3) is 0.250. The fourth-order valence-corrected chi connectivity index (χ4v) is 1.77. The molecule has 0 heterocycles. The van der Waals surface area contributed by atoms with E-state index in [9.17, 15) is 4.79 Å². The van der Waals surface area contributed by atoms with Crippen molar-refractivity contribution in [3.63, 3.8) is 0 Å². The van der Waals surface area contributed by atoms with E-state index in [2.05, 4.69) is 15.9 Å². The summed E-state index contributed by atoms with van der Waals surface area (Å²) in [5.41, 5.74) is 6.28. The minimum atomic E-state index is -0.336. The highest BCUT2D eigenvalue weighted by Gasteiger charge is 1.98. The average Bonchev–Trinajstić information content (AvgIpc) is 2.34. The molecule has 0 bridgehead atoms. The molecule has 0 aliphatic heterocycles. The largest absolute Gasteiger partial charge is 0.458 e. The smallest absolute Gasteiger partial charge is 0.331 e. The lowest BCUT2D eigenvalue weighted by Gasteiger charge is -2.02. The standard InChI is InChI=1S/C12H14BrNO2S/c13-11-3-1-10(2-4-11)9-16-12(15)5-7-17-8-6-14/h1-5,7H,6,8-9,14H2/b7-5-. The summed E-state index contributed by atoms with van der Waals surface area (Å²) in [4.78, 5) is 11.3. The van der Waals surface area contributed by atoms with E-state index in [0.717, 1.165) is 15.8 Å². The van der Waals surface area contributed by atoms with Gasteiger partial charge in [-0.3, -0.25) is 0 Å². The van der Waals surface area contributed by atoms with Crippen LogP contribution in [-0.4, -0.2) is 18.3 Å². The Bertz CT molecular complexity index is 379. The molecule has 0 amide bonds. The number of hydrogen-bond donors (Lipinski definition) is 1. The maximum Gasteiger partial charge on any atom is 0.331 e. The van der Waals surface area contributed by atoms with Crippen LogP contribution in [0.3, 0.4) is 0 Å². The van der Waals surface area contributed by atoms with Gasteiger partial charge in [-0.2, -0.15) is 0 Å². The summed E-state index contributed by atoms with van der Waals surface area (Å²) >= 11 is 4.84. The Morgan fingerprint density at radius 3 is 2.76 bits per heavy atom. The zero-order chi connectivity index (χ0) is 12.5. The van der Waals surface area contributed by atoms with Crippen LogP contribution >= 0.6 is 27.7 Å². The molecule has 1 rings (SSSR count). The number of esters is 1. The van der Waals surface area contributed by atoms with Crippen molar-refractivity contribution in [1.29, 1.82) is 0 Å². The fourth-order valence-electron chi connectivity index (χ4n) is 1.02. The van der Waals surface area contributed by atoms with Crippen molar-refractivity contribution >= 4 is 33.7 Å². The van der Waals surface area contributed by atoms with E-state index >= 15 is 0 Å². The summed E-state index contributed by atoms with van der Waals surface area (Å²) in [5, 5.41) is 1.71. The van der Waals surface area contributed by atoms with E-state index in [1.807, 2.05) is 24.3 Å². The van der Waals surface area contributed by atoms with E-state index in [1.54, 1.807) is 5.41 Å². The van der Waals surface area contributed by atoms with Crippen LogP contribution in [-0.2, 0) is 16.1 Å². The number of carbonyl (C=O) groups is 1. The number of thioether (sulfide) groups is 1. The van der Waals surface area contributed by atoms with Crippen LogP contribution < -0.4 is 5.73 Å². The van der Waals surface area contributed by atoms with Crippen molar-refractivity contribution in [2.75, 3.05) is 12.3 Å². The Labute approximate surface area is 114 Å². The van der Waals surface area contributed by atoms with Crippen LogP contribution in [0.4, 0.5) is 0 Å². The molecule has 0 saturated heterocycles. The molecule has 5 heteroatoms. The van der Waals surface area contributed by atoms with Crippen LogP contribution in [0.5, 0.6) is 0 Å². The number of carbonyl (C=O) groups excluding carboxylic acids is 1. The van der Waals surface area contributed by atoms with Gasteiger partial charge in [0, 0.05) is 22.8 Å². The molecule has 17 heavy (non-hydrogen) atoms. The van der Waals surface area contributed by atoms with E-state index in [-0.39, 0.29) is 12.6 Å². The molecule has 0 aliphatic rings. The predicted molar refractivity (Wildman–Crippen MR) is 74.6 cm³/mol. The third-order valence-electron chi connectivity index (χ3n) is 1.83. The molecule has 0 spiro atoms. The van der Waals surface area contributed by atoms with Gasteiger partial charge in [-0.15, -0.1) is 11.8 Å². The molecule has 92 valence electrons. The first kappa shape index (κ1) is 14.3. The van der Waals surface area contributed by atoms with E-state index in [0.29, 0.717) is 6.54 Å². The summed E-state index contributed by atoms with van der Waals surface area (Å²) in [6.07, 6.45) is 1.42. The topological polar surface area (TPSA) is 52.3 Å². The molecule has 0 radical (unpaired) electrons. The lowest BCUT2D eigenvalue weighted by Crippen LogP contribution is -2.01. The second-order valence-corrected chi connectivity index (χ2v) is 5.13. The van der Waals surface area contributed by atoms with Gasteiger partial charge in [0.25, 0.3) is 0 Å². The van der Waals surface area contributed by atoms with Gasteiger partial charge >= 0.3 is 5.97 Å². The third-order valence-corrected chi connectivity index (χ3v) is 3.16. The Morgan fingerprint density at radius 2 is 2.12 bits per heavy atom. The van der Waals surface area contributed by atoms with Crippen LogP contribution in [0.15, 0.2) is 40.2 Å². The summed E-state index contributed by atoms with van der Waals surface area (Å²) in [7, 11) is 0. The first-order valence-corrected chi connectivity index (χ1v) is 6.96. The molecule has 1 aromatic rings. The van der Waals surface area contributed by atoms with Gasteiger partial charge < -0.3 is 10.5 Å². The van der Waals surface area contributed by atoms with E-state index in [1.165, 1.54) is 17.8 Å². The summed E-state index contributed by atoms with van der Waals surface area (Å²) in [6, 6.07) is 7.64. The monoisotopic (exact) mass is 315 g/mol. The minimum Gasteiger partial charge on any atom is -0.458 e. The maximum absolute atomic E-state index is 11.3. The lowest BCUT2D eigenvalue weighted by atomic mass is 10.2. The van der Waals surface area contributed by atoms with Gasteiger partial charge in [0.05, 0.1) is 0 Å². The summed E-state index contributed by atoms with van der Waals surface area (Å²) in [5.74, 6) is 0.466. The minimum absolute atomic E-state index is 0.290. The summed E-state index contributed by atoms with van der Waals surface area (Å²) in [6.45, 7) is 0.890. The third kappa shape index (κ3) is 6.51. The van der Waals surface area contributed by atoms with Crippen LogP contribution in [0.25, 0.3) is 0 Å². The van der Waals surface area contributed by atoms with Crippen molar-refractivity contribution in [2.45, 2.75) is 6.61 Å². The molecular formula is C12H14BrNO2S. The zero-order valence-electron chi connectivity index (χ0n) is 9.27. The number of nitrogens with two attached hydrogens (primary N) is 1. The quantitative estimate of drug-likeness (QED) is 0.498. The summed E-state index contributed by atoms with van der Waals surface area (Å²) < 4.78 is 6.07.